The van der Waals surface area contributed by atoms with E-state index in [1.54, 1.807) is 11.3 Å². The molecule has 17 heavy (non-hydrogen) atoms. The lowest BCUT2D eigenvalue weighted by Crippen LogP contribution is -1.98. The largest absolute Gasteiger partial charge is 0.371 e. The van der Waals surface area contributed by atoms with Gasteiger partial charge in [0.15, 0.2) is 5.82 Å². The van der Waals surface area contributed by atoms with Crippen LogP contribution in [0.1, 0.15) is 0 Å². The average Bonchev–Trinajstić information content (AvgIpc) is 2.82. The molecule has 0 saturated heterocycles. The molecule has 0 bridgehead atoms. The zero-order valence-corrected chi connectivity index (χ0v) is 10.0. The summed E-state index contributed by atoms with van der Waals surface area (Å²) in [6.07, 6.45) is 1.45. The van der Waals surface area contributed by atoms with Crippen LogP contribution in [0.25, 0.3) is 21.3 Å². The maximum absolute atomic E-state index is 4.18. The zero-order valence-electron chi connectivity index (χ0n) is 9.21. The Bertz CT molecular complexity index is 662. The quantitative estimate of drug-likeness (QED) is 0.750. The van der Waals surface area contributed by atoms with Gasteiger partial charge in [0, 0.05) is 28.1 Å². The molecule has 2 heterocycles. The van der Waals surface area contributed by atoms with E-state index in [0.29, 0.717) is 0 Å². The van der Waals surface area contributed by atoms with Gasteiger partial charge >= 0.3 is 0 Å². The van der Waals surface area contributed by atoms with Crippen molar-refractivity contribution in [3.8, 4) is 11.3 Å². The molecule has 0 aliphatic heterocycles. The molecular weight excluding hydrogens is 232 g/mol. The van der Waals surface area contributed by atoms with Gasteiger partial charge in [-0.05, 0) is 6.07 Å². The summed E-state index contributed by atoms with van der Waals surface area (Å²) >= 11 is 1.70. The van der Waals surface area contributed by atoms with Gasteiger partial charge in [0.05, 0.1) is 0 Å². The molecule has 0 radical (unpaired) electrons. The van der Waals surface area contributed by atoms with Crippen LogP contribution < -0.4 is 5.32 Å². The van der Waals surface area contributed by atoms with Crippen LogP contribution in [0.15, 0.2) is 36.0 Å². The first kappa shape index (κ1) is 10.2. The Balaban J connectivity index is 2.27. The van der Waals surface area contributed by atoms with Gasteiger partial charge < -0.3 is 5.32 Å². The van der Waals surface area contributed by atoms with E-state index in [2.05, 4.69) is 38.0 Å². The number of thiophene rings is 1. The molecule has 0 amide bonds. The molecule has 2 aromatic heterocycles. The monoisotopic (exact) mass is 242 g/mol. The van der Waals surface area contributed by atoms with Crippen LogP contribution in [0.4, 0.5) is 5.82 Å². The van der Waals surface area contributed by atoms with Crippen LogP contribution >= 0.6 is 11.3 Å². The lowest BCUT2D eigenvalue weighted by Gasteiger charge is -2.04. The van der Waals surface area contributed by atoms with Gasteiger partial charge in [0.2, 0.25) is 0 Å². The second-order valence-corrected chi connectivity index (χ2v) is 4.46. The molecule has 1 aromatic carbocycles. The molecule has 0 saturated carbocycles. The summed E-state index contributed by atoms with van der Waals surface area (Å²) in [5.74, 6) is 0.753. The first-order valence-corrected chi connectivity index (χ1v) is 6.10. The topological polar surface area (TPSA) is 50.7 Å². The highest BCUT2D eigenvalue weighted by atomic mass is 32.1. The normalized spacial score (nSPS) is 10.6. The first-order valence-electron chi connectivity index (χ1n) is 5.22. The van der Waals surface area contributed by atoms with Gasteiger partial charge in [-0.15, -0.1) is 21.5 Å². The lowest BCUT2D eigenvalue weighted by molar-refractivity contribution is 0.979. The molecule has 0 atom stereocenters. The van der Waals surface area contributed by atoms with Gasteiger partial charge in [-0.2, -0.15) is 0 Å². The third-order valence-electron chi connectivity index (χ3n) is 2.59. The molecule has 0 aliphatic carbocycles. The molecule has 5 heteroatoms. The summed E-state index contributed by atoms with van der Waals surface area (Å²) in [6.45, 7) is 0. The van der Waals surface area contributed by atoms with Gasteiger partial charge in [-0.25, -0.2) is 4.98 Å². The van der Waals surface area contributed by atoms with Gasteiger partial charge in [0.1, 0.15) is 12.0 Å². The highest BCUT2D eigenvalue weighted by Crippen LogP contribution is 2.34. The van der Waals surface area contributed by atoms with E-state index in [0.717, 1.165) is 17.1 Å². The summed E-state index contributed by atoms with van der Waals surface area (Å²) in [6, 6.07) is 8.26. The zero-order chi connectivity index (χ0) is 11.7. The Morgan fingerprint density at radius 3 is 3.00 bits per heavy atom. The van der Waals surface area contributed by atoms with E-state index in [-0.39, 0.29) is 0 Å². The Hall–Kier alpha value is -2.01. The standard InChI is InChI=1S/C12H10N4S/c1-13-12-11(16-15-7-14-12)9-6-17-10-5-3-2-4-8(9)10/h2-7H,1H3,(H,13,14,15). The number of nitrogens with one attached hydrogen (secondary N) is 1. The molecule has 0 aliphatic rings. The number of benzene rings is 1. The minimum atomic E-state index is 0.753. The Morgan fingerprint density at radius 2 is 2.12 bits per heavy atom. The highest BCUT2D eigenvalue weighted by Gasteiger charge is 2.12. The van der Waals surface area contributed by atoms with E-state index in [9.17, 15) is 0 Å². The van der Waals surface area contributed by atoms with Crippen molar-refractivity contribution in [3.05, 3.63) is 36.0 Å². The smallest absolute Gasteiger partial charge is 0.156 e. The number of rotatable bonds is 2. The number of aromatic nitrogens is 3. The number of anilines is 1. The van der Waals surface area contributed by atoms with Gasteiger partial charge in [-0.3, -0.25) is 0 Å². The minimum absolute atomic E-state index is 0.753. The van der Waals surface area contributed by atoms with Crippen LogP contribution in [0.3, 0.4) is 0 Å². The van der Waals surface area contributed by atoms with E-state index in [4.69, 9.17) is 0 Å². The average molecular weight is 242 g/mol. The molecule has 3 rings (SSSR count). The maximum atomic E-state index is 4.18. The van der Waals surface area contributed by atoms with Crippen LogP contribution in [-0.2, 0) is 0 Å². The summed E-state index contributed by atoms with van der Waals surface area (Å²) in [5, 5.41) is 14.4. The van der Waals surface area contributed by atoms with Crippen molar-refractivity contribution >= 4 is 27.2 Å². The Labute approximate surface area is 102 Å². The van der Waals surface area contributed by atoms with Gasteiger partial charge in [0.25, 0.3) is 0 Å². The van der Waals surface area contributed by atoms with E-state index in [1.165, 1.54) is 16.4 Å². The molecule has 4 nitrogen and oxygen atoms in total. The van der Waals surface area contributed by atoms with E-state index in [1.807, 2.05) is 19.2 Å². The predicted molar refractivity (Wildman–Crippen MR) is 70.2 cm³/mol. The van der Waals surface area contributed by atoms with E-state index >= 15 is 0 Å². The second-order valence-electron chi connectivity index (χ2n) is 3.55. The maximum Gasteiger partial charge on any atom is 0.156 e. The molecule has 84 valence electrons. The number of hydrogen-bond donors (Lipinski definition) is 1. The third kappa shape index (κ3) is 1.64. The van der Waals surface area contributed by atoms with Crippen LogP contribution in [0.2, 0.25) is 0 Å². The fourth-order valence-electron chi connectivity index (χ4n) is 1.80. The molecule has 3 aromatic rings. The van der Waals surface area contributed by atoms with Crippen LogP contribution in [0, 0.1) is 0 Å². The van der Waals surface area contributed by atoms with E-state index < -0.39 is 0 Å². The van der Waals surface area contributed by atoms with Crippen molar-refractivity contribution in [2.75, 3.05) is 12.4 Å². The summed E-state index contributed by atoms with van der Waals surface area (Å²) < 4.78 is 1.25. The molecule has 0 spiro atoms. The van der Waals surface area contributed by atoms with Crippen LogP contribution in [0.5, 0.6) is 0 Å². The third-order valence-corrected chi connectivity index (χ3v) is 3.56. The fraction of sp³-hybridized carbons (Fsp3) is 0.0833. The van der Waals surface area contributed by atoms with Crippen molar-refractivity contribution in [3.63, 3.8) is 0 Å². The molecule has 1 N–H and O–H groups in total. The Morgan fingerprint density at radius 1 is 1.24 bits per heavy atom. The molecule has 0 unspecified atom stereocenters. The minimum Gasteiger partial charge on any atom is -0.371 e. The van der Waals surface area contributed by atoms with Crippen molar-refractivity contribution in [2.45, 2.75) is 0 Å². The highest BCUT2D eigenvalue weighted by molar-refractivity contribution is 7.17. The fourth-order valence-corrected chi connectivity index (χ4v) is 2.75. The second kappa shape index (κ2) is 4.10. The van der Waals surface area contributed by atoms with Crippen molar-refractivity contribution in [1.29, 1.82) is 0 Å². The molecule has 0 fully saturated rings. The van der Waals surface area contributed by atoms with Crippen molar-refractivity contribution in [2.24, 2.45) is 0 Å². The van der Waals surface area contributed by atoms with Crippen LogP contribution in [-0.4, -0.2) is 22.2 Å². The predicted octanol–water partition coefficient (Wildman–Crippen LogP) is 2.80. The first-order chi connectivity index (χ1) is 8.40. The van der Waals surface area contributed by atoms with Gasteiger partial charge in [-0.1, -0.05) is 18.2 Å². The SMILES string of the molecule is CNc1ncnnc1-c1csc2ccccc12. The number of fused-ring (bicyclic) bond motifs is 1. The summed E-state index contributed by atoms with van der Waals surface area (Å²) in [4.78, 5) is 4.18. The van der Waals surface area contributed by atoms with Crippen molar-refractivity contribution < 1.29 is 0 Å². The Kier molecular flexibility index (Phi) is 2.45. The summed E-state index contributed by atoms with van der Waals surface area (Å²) in [7, 11) is 1.84. The number of nitrogens with zero attached hydrogens (tertiary/aromatic N) is 3. The van der Waals surface area contributed by atoms with Crippen molar-refractivity contribution in [1.82, 2.24) is 15.2 Å². The molecular formula is C12H10N4S. The summed E-state index contributed by atoms with van der Waals surface area (Å²) in [5.41, 5.74) is 1.88. The number of hydrogen-bond acceptors (Lipinski definition) is 5. The lowest BCUT2D eigenvalue weighted by atomic mass is 10.1.